The van der Waals surface area contributed by atoms with E-state index in [4.69, 9.17) is 37.0 Å². The Hall–Kier alpha value is -2.46. The predicted octanol–water partition coefficient (Wildman–Crippen LogP) is 27.0. The van der Waals surface area contributed by atoms with Crippen LogP contribution in [0.3, 0.4) is 0 Å². The van der Waals surface area contributed by atoms with Crippen LogP contribution in [0.5, 0.6) is 0 Å². The maximum atomic E-state index is 13.2. The Balaban J connectivity index is 5.25. The summed E-state index contributed by atoms with van der Waals surface area (Å²) in [7, 11) is -9.94. The quantitative estimate of drug-likeness (QED) is 0.0169. The van der Waals surface area contributed by atoms with E-state index >= 15 is 0 Å². The van der Waals surface area contributed by atoms with E-state index in [0.717, 1.165) is 121 Å². The molecule has 0 saturated carbocycles. The lowest BCUT2D eigenvalue weighted by Crippen LogP contribution is -2.30. The van der Waals surface area contributed by atoms with Crippen LogP contribution in [0.1, 0.15) is 452 Å². The van der Waals surface area contributed by atoms with Gasteiger partial charge in [0, 0.05) is 25.7 Å². The van der Waals surface area contributed by atoms with Crippen LogP contribution in [0.25, 0.3) is 0 Å². The molecule has 0 heterocycles. The fourth-order valence-corrected chi connectivity index (χ4v) is 15.0. The highest BCUT2D eigenvalue weighted by Crippen LogP contribution is 2.45. The molecule has 638 valence electrons. The molecule has 0 saturated heterocycles. The van der Waals surface area contributed by atoms with Crippen molar-refractivity contribution in [3.05, 3.63) is 24.3 Å². The number of hydrogen-bond donors (Lipinski definition) is 3. The second kappa shape index (κ2) is 79.8. The van der Waals surface area contributed by atoms with Crippen molar-refractivity contribution in [2.45, 2.75) is 471 Å². The Morgan fingerprint density at radius 1 is 0.287 bits per heavy atom. The minimum absolute atomic E-state index is 0.0848. The van der Waals surface area contributed by atoms with E-state index in [2.05, 4.69) is 65.8 Å². The fraction of sp³-hybridized carbons (Fsp3) is 0.910. The number of unbranched alkanes of at least 4 members (excludes halogenated alkanes) is 53. The summed E-state index contributed by atoms with van der Waals surface area (Å²) < 4.78 is 68.9. The van der Waals surface area contributed by atoms with Crippen LogP contribution in [0.2, 0.25) is 0 Å². The molecule has 108 heavy (non-hydrogen) atoms. The van der Waals surface area contributed by atoms with Gasteiger partial charge in [-0.15, -0.1) is 0 Å². The number of carbonyl (C=O) groups is 4. The SMILES string of the molecule is CCCCCC/C=C\C=C/CCCCCCCC(=O)O[C@H](COC(=O)CCCCCCCCCCC(C)C)COP(=O)(O)OC[C@H](O)COP(=O)(O)OC[C@@H](COC(=O)CCCCCCCCCCCCCCCCCCCCCCC)OC(=O)CCCCCCCCCCCCCCCCCCCCC(C)C. The van der Waals surface area contributed by atoms with Gasteiger partial charge in [0.15, 0.2) is 12.2 Å². The molecule has 0 bridgehead atoms. The summed E-state index contributed by atoms with van der Waals surface area (Å²) in [4.78, 5) is 73.3. The van der Waals surface area contributed by atoms with E-state index in [1.54, 1.807) is 0 Å². The van der Waals surface area contributed by atoms with Crippen LogP contribution in [-0.2, 0) is 65.4 Å². The molecule has 0 aliphatic rings. The third kappa shape index (κ3) is 81.6. The van der Waals surface area contributed by atoms with Crippen molar-refractivity contribution in [2.24, 2.45) is 11.8 Å². The topological polar surface area (TPSA) is 237 Å². The summed E-state index contributed by atoms with van der Waals surface area (Å²) in [6.07, 6.45) is 76.0. The first-order valence-corrected chi connectivity index (χ1v) is 48.3. The zero-order chi connectivity index (χ0) is 79.2. The minimum atomic E-state index is -4.97. The number of allylic oxidation sites excluding steroid dienone is 4. The van der Waals surface area contributed by atoms with Crippen molar-refractivity contribution in [3.8, 4) is 0 Å². The Morgan fingerprint density at radius 2 is 0.500 bits per heavy atom. The largest absolute Gasteiger partial charge is 0.472 e. The van der Waals surface area contributed by atoms with Gasteiger partial charge in [-0.05, 0) is 63.2 Å². The van der Waals surface area contributed by atoms with Crippen LogP contribution in [0.4, 0.5) is 0 Å². The molecule has 0 rings (SSSR count). The van der Waals surface area contributed by atoms with E-state index in [9.17, 15) is 43.2 Å². The molecule has 0 fully saturated rings. The second-order valence-electron chi connectivity index (χ2n) is 32.3. The first-order valence-electron chi connectivity index (χ1n) is 45.3. The van der Waals surface area contributed by atoms with Crippen LogP contribution in [0, 0.1) is 11.8 Å². The molecule has 0 aromatic heterocycles. The molecule has 0 aliphatic heterocycles. The highest BCUT2D eigenvalue weighted by molar-refractivity contribution is 7.47. The Bertz CT molecular complexity index is 2160. The molecule has 0 radical (unpaired) electrons. The molecule has 0 aromatic carbocycles. The average molecular weight is 1570 g/mol. The molecule has 0 aromatic rings. The lowest BCUT2D eigenvalue weighted by atomic mass is 10.0. The molecule has 5 atom stereocenters. The molecule has 0 aliphatic carbocycles. The lowest BCUT2D eigenvalue weighted by molar-refractivity contribution is -0.161. The van der Waals surface area contributed by atoms with E-state index in [1.807, 2.05) is 0 Å². The molecule has 0 amide bonds. The maximum Gasteiger partial charge on any atom is 0.472 e. The number of carbonyl (C=O) groups excluding carboxylic acids is 4. The van der Waals surface area contributed by atoms with Crippen LogP contribution in [0.15, 0.2) is 24.3 Å². The summed E-state index contributed by atoms with van der Waals surface area (Å²) in [6.45, 7) is 9.61. The van der Waals surface area contributed by atoms with Gasteiger partial charge in [0.25, 0.3) is 0 Å². The van der Waals surface area contributed by atoms with Gasteiger partial charge in [-0.25, -0.2) is 9.13 Å². The molecule has 2 unspecified atom stereocenters. The number of phosphoric acid groups is 2. The number of ether oxygens (including phenoxy) is 4. The monoisotopic (exact) mass is 1570 g/mol. The number of esters is 4. The predicted molar refractivity (Wildman–Crippen MR) is 446 cm³/mol. The van der Waals surface area contributed by atoms with E-state index in [0.29, 0.717) is 25.7 Å². The summed E-state index contributed by atoms with van der Waals surface area (Å²) in [5.74, 6) is -0.589. The standard InChI is InChI=1S/C89H170O17P2/c1-7-9-11-13-15-17-19-21-23-24-25-26-27-31-35-38-42-46-53-59-65-71-86(91)99-77-84(105-88(93)74-68-62-56-48-44-40-36-32-29-28-30-34-37-41-45-51-57-63-69-81(3)4)79-103-107(95,96)101-75-83(90)76-102-108(97,98)104-80-85(78-100-87(92)72-66-60-54-50-49-52-58-64-70-82(5)6)106-89(94)73-67-61-55-47-43-39-33-22-20-18-16-14-12-10-8-2/h18,20,22,33,81-85,90H,7-17,19,21,23-32,34-80H2,1-6H3,(H,95,96)(H,97,98)/b20-18-,33-22-/t83-,84-,85-/m1/s1. The molecular formula is C89H170O17P2. The molecule has 19 heteroatoms. The van der Waals surface area contributed by atoms with Crippen LogP contribution < -0.4 is 0 Å². The molecule has 17 nitrogen and oxygen atoms in total. The zero-order valence-corrected chi connectivity index (χ0v) is 72.4. The highest BCUT2D eigenvalue weighted by Gasteiger charge is 2.30. The van der Waals surface area contributed by atoms with Gasteiger partial charge >= 0.3 is 39.5 Å². The number of rotatable bonds is 86. The fourth-order valence-electron chi connectivity index (χ4n) is 13.4. The highest BCUT2D eigenvalue weighted by atomic mass is 31.2. The second-order valence-corrected chi connectivity index (χ2v) is 35.2. The smallest absolute Gasteiger partial charge is 0.462 e. The first-order chi connectivity index (χ1) is 52.4. The summed E-state index contributed by atoms with van der Waals surface area (Å²) >= 11 is 0. The first kappa shape index (κ1) is 106. The van der Waals surface area contributed by atoms with Crippen molar-refractivity contribution >= 4 is 39.5 Å². The third-order valence-electron chi connectivity index (χ3n) is 20.3. The van der Waals surface area contributed by atoms with Gasteiger partial charge in [-0.2, -0.15) is 0 Å². The minimum Gasteiger partial charge on any atom is -0.462 e. The summed E-state index contributed by atoms with van der Waals surface area (Å²) in [5.41, 5.74) is 0. The molecule has 3 N–H and O–H groups in total. The Labute approximate surface area is 663 Å². The van der Waals surface area contributed by atoms with Crippen molar-refractivity contribution in [2.75, 3.05) is 39.6 Å². The number of hydrogen-bond acceptors (Lipinski definition) is 15. The van der Waals surface area contributed by atoms with Crippen molar-refractivity contribution in [3.63, 3.8) is 0 Å². The average Bonchev–Trinajstić information content (AvgIpc) is 0.899. The molecule has 0 spiro atoms. The van der Waals surface area contributed by atoms with Gasteiger partial charge in [-0.1, -0.05) is 400 Å². The van der Waals surface area contributed by atoms with Crippen LogP contribution in [-0.4, -0.2) is 96.7 Å². The van der Waals surface area contributed by atoms with Gasteiger partial charge in [0.2, 0.25) is 0 Å². The normalized spacial score (nSPS) is 13.9. The molecular weight excluding hydrogens is 1400 g/mol. The van der Waals surface area contributed by atoms with E-state index in [-0.39, 0.29) is 25.7 Å². The lowest BCUT2D eigenvalue weighted by Gasteiger charge is -2.21. The third-order valence-corrected chi connectivity index (χ3v) is 22.2. The summed E-state index contributed by atoms with van der Waals surface area (Å²) in [6, 6.07) is 0. The van der Waals surface area contributed by atoms with Crippen molar-refractivity contribution in [1.82, 2.24) is 0 Å². The van der Waals surface area contributed by atoms with E-state index in [1.165, 1.54) is 250 Å². The van der Waals surface area contributed by atoms with Crippen molar-refractivity contribution in [1.29, 1.82) is 0 Å². The maximum absolute atomic E-state index is 13.2. The summed E-state index contributed by atoms with van der Waals surface area (Å²) in [5, 5.41) is 10.7. The number of aliphatic hydroxyl groups excluding tert-OH is 1. The number of aliphatic hydroxyl groups is 1. The van der Waals surface area contributed by atoms with Gasteiger partial charge in [0.05, 0.1) is 26.4 Å². The van der Waals surface area contributed by atoms with E-state index < -0.39 is 97.5 Å². The zero-order valence-electron chi connectivity index (χ0n) is 70.6. The van der Waals surface area contributed by atoms with Crippen LogP contribution >= 0.6 is 15.6 Å². The Kier molecular flexibility index (Phi) is 77.9. The van der Waals surface area contributed by atoms with Gasteiger partial charge in [-0.3, -0.25) is 37.3 Å². The van der Waals surface area contributed by atoms with Crippen molar-refractivity contribution < 1.29 is 80.2 Å². The Morgan fingerprint density at radius 3 is 0.759 bits per heavy atom. The van der Waals surface area contributed by atoms with Gasteiger partial charge < -0.3 is 33.8 Å². The number of phosphoric ester groups is 2. The van der Waals surface area contributed by atoms with Gasteiger partial charge in [0.1, 0.15) is 19.3 Å².